The maximum atomic E-state index is 3.78. The van der Waals surface area contributed by atoms with Crippen molar-refractivity contribution < 1.29 is 26.2 Å². The Morgan fingerprint density at radius 2 is 0.795 bits per heavy atom. The fourth-order valence-corrected chi connectivity index (χ4v) is 4.59. The van der Waals surface area contributed by atoms with Gasteiger partial charge in [0.2, 0.25) is 0 Å². The molecular formula is C35H40Cl2SiZr. The summed E-state index contributed by atoms with van der Waals surface area (Å²) in [4.78, 5) is 0. The third kappa shape index (κ3) is 10.7. The Bertz CT molecular complexity index is 1240. The van der Waals surface area contributed by atoms with Gasteiger partial charge >= 0.3 is 26.2 Å². The molecule has 0 aliphatic heterocycles. The minimum Gasteiger partial charge on any atom is -0.343 e. The van der Waals surface area contributed by atoms with Crippen LogP contribution < -0.4 is 0 Å². The van der Waals surface area contributed by atoms with Gasteiger partial charge in [0.25, 0.3) is 0 Å². The second kappa shape index (κ2) is 21.1. The molecule has 0 N–H and O–H groups in total. The Kier molecular flexibility index (Phi) is 20.2. The van der Waals surface area contributed by atoms with E-state index in [4.69, 9.17) is 0 Å². The second-order valence-corrected chi connectivity index (χ2v) is 8.91. The first kappa shape index (κ1) is 37.3. The predicted molar refractivity (Wildman–Crippen MR) is 179 cm³/mol. The zero-order chi connectivity index (χ0) is 25.6. The molecule has 0 amide bonds. The van der Waals surface area contributed by atoms with Crippen LogP contribution >= 0.6 is 24.8 Å². The summed E-state index contributed by atoms with van der Waals surface area (Å²) >= 11 is 0. The van der Waals surface area contributed by atoms with E-state index in [2.05, 4.69) is 133 Å². The Balaban J connectivity index is 0.000000535. The van der Waals surface area contributed by atoms with Gasteiger partial charge in [-0.3, -0.25) is 0 Å². The minimum absolute atomic E-state index is 0. The first-order valence-corrected chi connectivity index (χ1v) is 14.2. The molecule has 0 fully saturated rings. The Morgan fingerprint density at radius 3 is 1.08 bits per heavy atom. The van der Waals surface area contributed by atoms with Crippen molar-refractivity contribution >= 4 is 78.1 Å². The smallest absolute Gasteiger partial charge is 0.343 e. The van der Waals surface area contributed by atoms with Crippen molar-refractivity contribution in [2.75, 3.05) is 0 Å². The number of halogens is 2. The molecule has 0 aromatic heterocycles. The molecule has 0 aliphatic rings. The van der Waals surface area contributed by atoms with Crippen LogP contribution in [0.3, 0.4) is 0 Å². The molecule has 6 aromatic carbocycles. The standard InChI is InChI=1S/2C13H9.C8H17.CH3Si.2ClH.Zr/c2*1-3-7-12-10(5-1)9-11-6-2-4-8-13(11)12;1-3-5-7-8-6-4-2;1-2;;;/h2*1-9H;1,3-8H2,2H3;1H3;2*1H;/q3*-1;;;;+3. The summed E-state index contributed by atoms with van der Waals surface area (Å²) in [5.41, 5.74) is 0. The van der Waals surface area contributed by atoms with Crippen molar-refractivity contribution in [2.45, 2.75) is 52.0 Å². The van der Waals surface area contributed by atoms with E-state index in [0.717, 1.165) is 6.42 Å². The van der Waals surface area contributed by atoms with Crippen molar-refractivity contribution in [3.05, 3.63) is 116 Å². The minimum atomic E-state index is 0. The molecule has 4 radical (unpaired) electrons. The molecule has 0 nitrogen and oxygen atoms in total. The van der Waals surface area contributed by atoms with Crippen molar-refractivity contribution in [3.8, 4) is 0 Å². The van der Waals surface area contributed by atoms with Crippen molar-refractivity contribution in [1.29, 1.82) is 0 Å². The molecule has 0 heterocycles. The normalized spacial score (nSPS) is 9.54. The van der Waals surface area contributed by atoms with E-state index in [1.165, 1.54) is 75.2 Å². The number of benzene rings is 4. The number of rotatable bonds is 5. The monoisotopic (exact) mass is 648 g/mol. The zero-order valence-corrected chi connectivity index (χ0v) is 28.2. The van der Waals surface area contributed by atoms with Gasteiger partial charge in [-0.2, -0.15) is 6.42 Å². The van der Waals surface area contributed by atoms with E-state index < -0.39 is 0 Å². The maximum absolute atomic E-state index is 3.78. The van der Waals surface area contributed by atoms with Crippen LogP contribution in [0.2, 0.25) is 6.55 Å². The van der Waals surface area contributed by atoms with Crippen LogP contribution in [0, 0.1) is 6.92 Å². The Hall–Kier alpha value is -1.70. The van der Waals surface area contributed by atoms with Gasteiger partial charge in [0.05, 0.1) is 0 Å². The van der Waals surface area contributed by atoms with E-state index in [9.17, 15) is 0 Å². The molecule has 6 aromatic rings. The first-order valence-electron chi connectivity index (χ1n) is 13.2. The van der Waals surface area contributed by atoms with Gasteiger partial charge < -0.3 is 6.92 Å². The fourth-order valence-electron chi connectivity index (χ4n) is 4.59. The molecule has 0 aliphatic carbocycles. The second-order valence-electron chi connectivity index (χ2n) is 8.91. The molecule has 0 bridgehead atoms. The van der Waals surface area contributed by atoms with Crippen LogP contribution in [-0.2, 0) is 26.2 Å². The Morgan fingerprint density at radius 1 is 0.513 bits per heavy atom. The summed E-state index contributed by atoms with van der Waals surface area (Å²) < 4.78 is 0. The van der Waals surface area contributed by atoms with E-state index in [1.54, 1.807) is 6.55 Å². The van der Waals surface area contributed by atoms with Crippen molar-refractivity contribution in [3.63, 3.8) is 0 Å². The largest absolute Gasteiger partial charge is 3.00 e. The quantitative estimate of drug-likeness (QED) is 0.0989. The molecule has 4 heteroatoms. The molecule has 202 valence electrons. The van der Waals surface area contributed by atoms with E-state index in [1.807, 2.05) is 0 Å². The van der Waals surface area contributed by atoms with Gasteiger partial charge in [-0.05, 0) is 0 Å². The zero-order valence-electron chi connectivity index (χ0n) is 23.2. The van der Waals surface area contributed by atoms with E-state index >= 15 is 0 Å². The van der Waals surface area contributed by atoms with Gasteiger partial charge in [-0.25, -0.2) is 0 Å². The summed E-state index contributed by atoms with van der Waals surface area (Å²) in [6, 6.07) is 38.5. The molecular weight excluding hydrogens is 611 g/mol. The van der Waals surface area contributed by atoms with Gasteiger partial charge in [0.15, 0.2) is 0 Å². The summed E-state index contributed by atoms with van der Waals surface area (Å²) in [6.45, 7) is 7.83. The number of unbranched alkanes of at least 4 members (excludes halogenated alkanes) is 5. The van der Waals surface area contributed by atoms with Crippen LogP contribution in [0.1, 0.15) is 45.4 Å². The predicted octanol–water partition coefficient (Wildman–Crippen LogP) is 11.6. The third-order valence-electron chi connectivity index (χ3n) is 6.40. The van der Waals surface area contributed by atoms with Crippen molar-refractivity contribution in [1.82, 2.24) is 0 Å². The van der Waals surface area contributed by atoms with Crippen molar-refractivity contribution in [2.24, 2.45) is 0 Å². The van der Waals surface area contributed by atoms with Crippen LogP contribution in [0.25, 0.3) is 43.1 Å². The van der Waals surface area contributed by atoms with E-state index in [-0.39, 0.29) is 51.0 Å². The SMILES string of the molecule is C[Si].Cl.Cl.[CH2-]CCCCCCC.[Zr+3].c1ccc2c(c1)[cH-]c1ccccc12.c1ccc2c(c1)[cH-]c1ccccc12. The Labute approximate surface area is 270 Å². The number of hydrogen-bond acceptors (Lipinski definition) is 0. The number of hydrogen-bond donors (Lipinski definition) is 0. The van der Waals surface area contributed by atoms with Crippen LogP contribution in [0.15, 0.2) is 109 Å². The van der Waals surface area contributed by atoms with Gasteiger partial charge in [-0.15, -0.1) is 104 Å². The van der Waals surface area contributed by atoms with E-state index in [0.29, 0.717) is 0 Å². The van der Waals surface area contributed by atoms with Crippen LogP contribution in [-0.4, -0.2) is 10.2 Å². The number of fused-ring (bicyclic) bond motifs is 6. The molecule has 0 saturated carbocycles. The summed E-state index contributed by atoms with van der Waals surface area (Å²) in [5, 5.41) is 10.8. The van der Waals surface area contributed by atoms with Gasteiger partial charge in [0.1, 0.15) is 0 Å². The molecule has 0 atom stereocenters. The van der Waals surface area contributed by atoms with Crippen LogP contribution in [0.4, 0.5) is 0 Å². The first-order chi connectivity index (χ1) is 17.8. The average molecular weight is 651 g/mol. The molecule has 0 saturated heterocycles. The maximum Gasteiger partial charge on any atom is 3.00 e. The average Bonchev–Trinajstić information content (AvgIpc) is 3.52. The molecule has 6 rings (SSSR count). The molecule has 0 unspecified atom stereocenters. The van der Waals surface area contributed by atoms with Crippen LogP contribution in [0.5, 0.6) is 0 Å². The fraction of sp³-hybridized carbons (Fsp3) is 0.229. The topological polar surface area (TPSA) is 0 Å². The third-order valence-corrected chi connectivity index (χ3v) is 6.40. The van der Waals surface area contributed by atoms with Gasteiger partial charge in [-0.1, -0.05) is 118 Å². The molecule has 39 heavy (non-hydrogen) atoms. The summed E-state index contributed by atoms with van der Waals surface area (Å²) in [7, 11) is 2.97. The van der Waals surface area contributed by atoms with Gasteiger partial charge in [0, 0.05) is 10.2 Å². The summed E-state index contributed by atoms with van der Waals surface area (Å²) in [6.07, 6.45) is 7.98. The summed E-state index contributed by atoms with van der Waals surface area (Å²) in [5.74, 6) is 0. The molecule has 0 spiro atoms.